The number of fused-ring (bicyclic) bond motifs is 1. The summed E-state index contributed by atoms with van der Waals surface area (Å²) in [6, 6.07) is 14.2. The number of nitrogens with one attached hydrogen (secondary N) is 1. The molecule has 162 valence electrons. The lowest BCUT2D eigenvalue weighted by molar-refractivity contribution is 0.0342. The summed E-state index contributed by atoms with van der Waals surface area (Å²) >= 11 is 0. The first-order chi connectivity index (χ1) is 14.3. The second kappa shape index (κ2) is 11.4. The first-order valence-electron chi connectivity index (χ1n) is 10.1. The maximum atomic E-state index is 6.06. The molecule has 2 aliphatic heterocycles. The first kappa shape index (κ1) is 22.6. The Kier molecular flexibility index (Phi) is 8.59. The number of ether oxygens (including phenoxy) is 3. The van der Waals surface area contributed by atoms with E-state index < -0.39 is 0 Å². The molecule has 2 aliphatic rings. The zero-order valence-electron chi connectivity index (χ0n) is 17.0. The number of nitrogens with zero attached hydrogens (tertiary/aromatic N) is 2. The summed E-state index contributed by atoms with van der Waals surface area (Å²) in [6.07, 6.45) is 0.881. The summed E-state index contributed by atoms with van der Waals surface area (Å²) in [6.45, 7) is 6.45. The molecule has 0 radical (unpaired) electrons. The fourth-order valence-electron chi connectivity index (χ4n) is 3.37. The predicted molar refractivity (Wildman–Crippen MR) is 129 cm³/mol. The van der Waals surface area contributed by atoms with Crippen LogP contribution in [0.25, 0.3) is 0 Å². The molecule has 2 aromatic rings. The third-order valence-electron chi connectivity index (χ3n) is 4.98. The van der Waals surface area contributed by atoms with Gasteiger partial charge in [-0.25, -0.2) is 4.99 Å². The number of hydrogen-bond donors (Lipinski definition) is 2. The normalized spacial score (nSPS) is 17.0. The van der Waals surface area contributed by atoms with E-state index in [0.29, 0.717) is 25.7 Å². The molecule has 0 saturated carbocycles. The minimum Gasteiger partial charge on any atom is -0.490 e. The van der Waals surface area contributed by atoms with Crippen molar-refractivity contribution < 1.29 is 14.2 Å². The minimum absolute atomic E-state index is 0. The molecule has 0 atom stereocenters. The van der Waals surface area contributed by atoms with Gasteiger partial charge in [0.2, 0.25) is 0 Å². The Morgan fingerprint density at radius 2 is 1.63 bits per heavy atom. The van der Waals surface area contributed by atoms with Crippen LogP contribution >= 0.6 is 24.0 Å². The molecule has 0 aliphatic carbocycles. The molecule has 3 N–H and O–H groups in total. The van der Waals surface area contributed by atoms with Crippen LogP contribution in [0.15, 0.2) is 47.5 Å². The second-order valence-electron chi connectivity index (χ2n) is 7.24. The summed E-state index contributed by atoms with van der Waals surface area (Å²) < 4.78 is 16.8. The Labute approximate surface area is 194 Å². The molecule has 8 heteroatoms. The molecule has 4 rings (SSSR count). The maximum Gasteiger partial charge on any atom is 0.193 e. The summed E-state index contributed by atoms with van der Waals surface area (Å²) in [5.41, 5.74) is 9.32. The van der Waals surface area contributed by atoms with E-state index in [2.05, 4.69) is 39.5 Å². The highest BCUT2D eigenvalue weighted by atomic mass is 127. The lowest BCUT2D eigenvalue weighted by Gasteiger charge is -2.26. The van der Waals surface area contributed by atoms with Crippen LogP contribution in [0.2, 0.25) is 0 Å². The van der Waals surface area contributed by atoms with Gasteiger partial charge in [-0.2, -0.15) is 0 Å². The quantitative estimate of drug-likeness (QED) is 0.355. The molecule has 7 nitrogen and oxygen atoms in total. The van der Waals surface area contributed by atoms with Crippen molar-refractivity contribution in [2.45, 2.75) is 19.5 Å². The monoisotopic (exact) mass is 524 g/mol. The van der Waals surface area contributed by atoms with Crippen LogP contribution in [0.4, 0.5) is 5.69 Å². The number of nitrogens with two attached hydrogens (primary N) is 1. The van der Waals surface area contributed by atoms with Crippen LogP contribution in [-0.4, -0.2) is 50.4 Å². The molecule has 0 aromatic heterocycles. The average Bonchev–Trinajstić information content (AvgIpc) is 2.99. The van der Waals surface area contributed by atoms with E-state index in [1.165, 1.54) is 5.56 Å². The van der Waals surface area contributed by atoms with Crippen molar-refractivity contribution >= 4 is 35.6 Å². The van der Waals surface area contributed by atoms with Crippen molar-refractivity contribution in [3.05, 3.63) is 53.6 Å². The highest BCUT2D eigenvalue weighted by Crippen LogP contribution is 2.32. The van der Waals surface area contributed by atoms with Crippen molar-refractivity contribution in [1.29, 1.82) is 0 Å². The molecular weight excluding hydrogens is 495 g/mol. The highest BCUT2D eigenvalue weighted by Gasteiger charge is 2.11. The smallest absolute Gasteiger partial charge is 0.193 e. The van der Waals surface area contributed by atoms with Crippen molar-refractivity contribution in [1.82, 2.24) is 4.90 Å². The standard InChI is InChI=1S/C22H28N4O3.HI/c23-22(25-19-6-7-20-21(14-19)29-11-1-10-28-20)24-15-17-2-4-18(5-3-17)16-26-8-12-27-13-9-26;/h2-7,14H,1,8-13,15-16H2,(H3,23,24,25);1H. The Morgan fingerprint density at radius 1 is 0.933 bits per heavy atom. The zero-order valence-corrected chi connectivity index (χ0v) is 19.3. The van der Waals surface area contributed by atoms with Crippen LogP contribution in [0.3, 0.4) is 0 Å². The Hall–Kier alpha value is -2.04. The van der Waals surface area contributed by atoms with E-state index in [1.807, 2.05) is 18.2 Å². The zero-order chi connectivity index (χ0) is 19.9. The number of halogens is 1. The van der Waals surface area contributed by atoms with Crippen LogP contribution < -0.4 is 20.5 Å². The molecule has 1 fully saturated rings. The highest BCUT2D eigenvalue weighted by molar-refractivity contribution is 14.0. The Bertz CT molecular complexity index is 839. The van der Waals surface area contributed by atoms with Gasteiger partial charge in [0.25, 0.3) is 0 Å². The lowest BCUT2D eigenvalue weighted by atomic mass is 10.1. The summed E-state index contributed by atoms with van der Waals surface area (Å²) in [5, 5.41) is 3.12. The van der Waals surface area contributed by atoms with Crippen LogP contribution in [0.1, 0.15) is 17.5 Å². The largest absolute Gasteiger partial charge is 0.490 e. The van der Waals surface area contributed by atoms with Crippen molar-refractivity contribution in [3.63, 3.8) is 0 Å². The van der Waals surface area contributed by atoms with Crippen molar-refractivity contribution in [3.8, 4) is 11.5 Å². The number of anilines is 1. The number of benzene rings is 2. The van der Waals surface area contributed by atoms with Gasteiger partial charge in [0.1, 0.15) is 0 Å². The molecule has 2 aromatic carbocycles. The van der Waals surface area contributed by atoms with Crippen molar-refractivity contribution in [2.24, 2.45) is 10.7 Å². The Balaban J connectivity index is 0.00000256. The van der Waals surface area contributed by atoms with Gasteiger partial charge in [-0.15, -0.1) is 24.0 Å². The summed E-state index contributed by atoms with van der Waals surface area (Å²) in [4.78, 5) is 6.86. The van der Waals surface area contributed by atoms with E-state index in [-0.39, 0.29) is 24.0 Å². The molecule has 30 heavy (non-hydrogen) atoms. The number of guanidine groups is 1. The van der Waals surface area contributed by atoms with Gasteiger partial charge in [-0.05, 0) is 23.3 Å². The van der Waals surface area contributed by atoms with Crippen molar-refractivity contribution in [2.75, 3.05) is 44.8 Å². The fraction of sp³-hybridized carbons (Fsp3) is 0.409. The minimum atomic E-state index is 0. The Morgan fingerprint density at radius 3 is 2.40 bits per heavy atom. The fourth-order valence-corrected chi connectivity index (χ4v) is 3.37. The van der Waals surface area contributed by atoms with E-state index in [0.717, 1.165) is 62.0 Å². The van der Waals surface area contributed by atoms with E-state index >= 15 is 0 Å². The third-order valence-corrected chi connectivity index (χ3v) is 4.98. The number of morpholine rings is 1. The van der Waals surface area contributed by atoms with E-state index in [1.54, 1.807) is 0 Å². The van der Waals surface area contributed by atoms with E-state index in [9.17, 15) is 0 Å². The maximum absolute atomic E-state index is 6.06. The number of hydrogen-bond acceptors (Lipinski definition) is 5. The number of aliphatic imine (C=N–C) groups is 1. The average molecular weight is 524 g/mol. The summed E-state index contributed by atoms with van der Waals surface area (Å²) in [7, 11) is 0. The lowest BCUT2D eigenvalue weighted by Crippen LogP contribution is -2.35. The molecule has 0 unspecified atom stereocenters. The summed E-state index contributed by atoms with van der Waals surface area (Å²) in [5.74, 6) is 1.87. The van der Waals surface area contributed by atoms with Gasteiger partial charge in [0.05, 0.1) is 33.0 Å². The van der Waals surface area contributed by atoms with Gasteiger partial charge in [0.15, 0.2) is 17.5 Å². The molecule has 2 heterocycles. The molecule has 0 bridgehead atoms. The second-order valence-corrected chi connectivity index (χ2v) is 7.24. The van der Waals surface area contributed by atoms with Crippen LogP contribution in [-0.2, 0) is 17.8 Å². The molecule has 0 spiro atoms. The number of rotatable bonds is 5. The third kappa shape index (κ3) is 6.48. The molecular formula is C22H29IN4O3. The predicted octanol–water partition coefficient (Wildman–Crippen LogP) is 3.22. The topological polar surface area (TPSA) is 81.3 Å². The van der Waals surface area contributed by atoms with Gasteiger partial charge >= 0.3 is 0 Å². The SMILES string of the molecule is I.NC(=NCc1ccc(CN2CCOCC2)cc1)Nc1ccc2c(c1)OCCCO2. The molecule has 0 amide bonds. The van der Waals surface area contributed by atoms with Crippen LogP contribution in [0.5, 0.6) is 11.5 Å². The van der Waals surface area contributed by atoms with Crippen LogP contribution in [0, 0.1) is 0 Å². The van der Waals surface area contributed by atoms with Gasteiger partial charge in [0, 0.05) is 37.8 Å². The van der Waals surface area contributed by atoms with Gasteiger partial charge in [-0.3, -0.25) is 4.90 Å². The van der Waals surface area contributed by atoms with Gasteiger partial charge in [-0.1, -0.05) is 24.3 Å². The van der Waals surface area contributed by atoms with Gasteiger partial charge < -0.3 is 25.3 Å². The van der Waals surface area contributed by atoms with E-state index in [4.69, 9.17) is 19.9 Å². The first-order valence-corrected chi connectivity index (χ1v) is 10.1. The molecule has 1 saturated heterocycles.